The Hall–Kier alpha value is -3.55. The molecule has 2 N–H and O–H groups in total. The average Bonchev–Trinajstić information content (AvgIpc) is 2.98. The first kappa shape index (κ1) is 19.2. The normalized spacial score (nSPS) is 10.6. The minimum absolute atomic E-state index is 0.0759. The number of aryl methyl sites for hydroxylation is 2. The third kappa shape index (κ3) is 4.40. The number of amides is 2. The third-order valence-corrected chi connectivity index (χ3v) is 4.24. The van der Waals surface area contributed by atoms with Gasteiger partial charge in [0.15, 0.2) is 5.69 Å². The van der Waals surface area contributed by atoms with Crippen molar-refractivity contribution >= 4 is 23.2 Å². The van der Waals surface area contributed by atoms with Crippen LogP contribution in [-0.4, -0.2) is 26.8 Å². The van der Waals surface area contributed by atoms with Crippen LogP contribution in [0.25, 0.3) is 0 Å². The SMILES string of the molecule is Cc1cccc(NC(=O)Cn2nnc(C(=O)Nc3cc(F)ccc3C)c2C)c1. The van der Waals surface area contributed by atoms with Crippen molar-refractivity contribution < 1.29 is 14.0 Å². The molecule has 0 bridgehead atoms. The molecule has 0 saturated carbocycles. The van der Waals surface area contributed by atoms with Crippen LogP contribution in [0.4, 0.5) is 15.8 Å². The largest absolute Gasteiger partial charge is 0.324 e. The summed E-state index contributed by atoms with van der Waals surface area (Å²) in [6, 6.07) is 11.6. The maximum atomic E-state index is 13.4. The van der Waals surface area contributed by atoms with Crippen LogP contribution in [0.5, 0.6) is 0 Å². The molecule has 3 aromatic rings. The number of hydrogen-bond acceptors (Lipinski definition) is 4. The molecule has 144 valence electrons. The molecule has 3 rings (SSSR count). The molecule has 0 spiro atoms. The summed E-state index contributed by atoms with van der Waals surface area (Å²) >= 11 is 0. The van der Waals surface area contributed by atoms with Gasteiger partial charge in [0.05, 0.1) is 5.69 Å². The first-order chi connectivity index (χ1) is 13.3. The van der Waals surface area contributed by atoms with Gasteiger partial charge in [0.1, 0.15) is 12.4 Å². The highest BCUT2D eigenvalue weighted by Gasteiger charge is 2.19. The summed E-state index contributed by atoms with van der Waals surface area (Å²) < 4.78 is 14.7. The molecule has 8 heteroatoms. The molecule has 0 atom stereocenters. The van der Waals surface area contributed by atoms with E-state index in [2.05, 4.69) is 20.9 Å². The van der Waals surface area contributed by atoms with E-state index in [0.717, 1.165) is 11.1 Å². The predicted molar refractivity (Wildman–Crippen MR) is 104 cm³/mol. The Kier molecular flexibility index (Phi) is 5.49. The standard InChI is InChI=1S/C20H20FN5O2/c1-12-5-4-6-16(9-12)22-18(27)11-26-14(3)19(24-25-26)20(28)23-17-10-15(21)8-7-13(17)2/h4-10H,11H2,1-3H3,(H,22,27)(H,23,28). The highest BCUT2D eigenvalue weighted by atomic mass is 19.1. The van der Waals surface area contributed by atoms with E-state index in [1.54, 1.807) is 26.0 Å². The average molecular weight is 381 g/mol. The van der Waals surface area contributed by atoms with Crippen molar-refractivity contribution in [2.75, 3.05) is 10.6 Å². The van der Waals surface area contributed by atoms with E-state index < -0.39 is 11.7 Å². The summed E-state index contributed by atoms with van der Waals surface area (Å²) in [7, 11) is 0. The van der Waals surface area contributed by atoms with Gasteiger partial charge in [0, 0.05) is 11.4 Å². The molecule has 0 unspecified atom stereocenters. The van der Waals surface area contributed by atoms with Crippen LogP contribution in [-0.2, 0) is 11.3 Å². The first-order valence-electron chi connectivity index (χ1n) is 8.67. The van der Waals surface area contributed by atoms with Crippen molar-refractivity contribution in [3.63, 3.8) is 0 Å². The third-order valence-electron chi connectivity index (χ3n) is 4.24. The number of carbonyl (C=O) groups is 2. The minimum atomic E-state index is -0.517. The second-order valence-electron chi connectivity index (χ2n) is 6.51. The predicted octanol–water partition coefficient (Wildman–Crippen LogP) is 3.23. The fraction of sp³-hybridized carbons (Fsp3) is 0.200. The topological polar surface area (TPSA) is 88.9 Å². The number of hydrogen-bond donors (Lipinski definition) is 2. The van der Waals surface area contributed by atoms with Crippen molar-refractivity contribution in [3.8, 4) is 0 Å². The highest BCUT2D eigenvalue weighted by molar-refractivity contribution is 6.04. The van der Waals surface area contributed by atoms with Gasteiger partial charge in [-0.15, -0.1) is 5.10 Å². The number of halogens is 1. The molecule has 0 aliphatic rings. The summed E-state index contributed by atoms with van der Waals surface area (Å²) in [5.41, 5.74) is 3.30. The summed E-state index contributed by atoms with van der Waals surface area (Å²) in [6.45, 7) is 5.25. The van der Waals surface area contributed by atoms with E-state index >= 15 is 0 Å². The monoisotopic (exact) mass is 381 g/mol. The Bertz CT molecular complexity index is 1040. The van der Waals surface area contributed by atoms with Crippen LogP contribution in [0.3, 0.4) is 0 Å². The molecule has 1 heterocycles. The van der Waals surface area contributed by atoms with Crippen LogP contribution in [0, 0.1) is 26.6 Å². The molecule has 7 nitrogen and oxygen atoms in total. The summed E-state index contributed by atoms with van der Waals surface area (Å²) in [5, 5.41) is 13.2. The molecule has 2 aromatic carbocycles. The number of carbonyl (C=O) groups excluding carboxylic acids is 2. The van der Waals surface area contributed by atoms with Gasteiger partial charge in [-0.2, -0.15) is 0 Å². The zero-order valence-corrected chi connectivity index (χ0v) is 15.8. The highest BCUT2D eigenvalue weighted by Crippen LogP contribution is 2.17. The number of anilines is 2. The van der Waals surface area contributed by atoms with E-state index in [9.17, 15) is 14.0 Å². The van der Waals surface area contributed by atoms with Gasteiger partial charge in [-0.3, -0.25) is 9.59 Å². The van der Waals surface area contributed by atoms with Crippen molar-refractivity contribution in [2.45, 2.75) is 27.3 Å². The molecular formula is C20H20FN5O2. The van der Waals surface area contributed by atoms with Crippen LogP contribution in [0.2, 0.25) is 0 Å². The smallest absolute Gasteiger partial charge is 0.278 e. The van der Waals surface area contributed by atoms with Crippen molar-refractivity contribution in [1.82, 2.24) is 15.0 Å². The van der Waals surface area contributed by atoms with Gasteiger partial charge in [0.25, 0.3) is 5.91 Å². The van der Waals surface area contributed by atoms with Crippen LogP contribution in [0.1, 0.15) is 27.3 Å². The molecule has 0 aliphatic heterocycles. The lowest BCUT2D eigenvalue weighted by Crippen LogP contribution is -2.21. The van der Waals surface area contributed by atoms with Gasteiger partial charge in [-0.1, -0.05) is 23.4 Å². The number of benzene rings is 2. The van der Waals surface area contributed by atoms with E-state index in [-0.39, 0.29) is 18.1 Å². The molecule has 28 heavy (non-hydrogen) atoms. The van der Waals surface area contributed by atoms with Gasteiger partial charge < -0.3 is 10.6 Å². The van der Waals surface area contributed by atoms with Gasteiger partial charge in [-0.25, -0.2) is 9.07 Å². The van der Waals surface area contributed by atoms with E-state index in [0.29, 0.717) is 17.1 Å². The van der Waals surface area contributed by atoms with E-state index in [4.69, 9.17) is 0 Å². The lowest BCUT2D eigenvalue weighted by Gasteiger charge is -2.08. The number of nitrogens with one attached hydrogen (secondary N) is 2. The number of rotatable bonds is 5. The lowest BCUT2D eigenvalue weighted by molar-refractivity contribution is -0.117. The van der Waals surface area contributed by atoms with Crippen LogP contribution >= 0.6 is 0 Å². The Labute approximate surface area is 161 Å². The Morgan fingerprint density at radius 1 is 1.07 bits per heavy atom. The fourth-order valence-electron chi connectivity index (χ4n) is 2.69. The minimum Gasteiger partial charge on any atom is -0.324 e. The number of aromatic nitrogens is 3. The molecular weight excluding hydrogens is 361 g/mol. The fourth-order valence-corrected chi connectivity index (χ4v) is 2.69. The zero-order chi connectivity index (χ0) is 20.3. The van der Waals surface area contributed by atoms with Crippen LogP contribution < -0.4 is 10.6 Å². The molecule has 0 aliphatic carbocycles. The zero-order valence-electron chi connectivity index (χ0n) is 15.8. The first-order valence-corrected chi connectivity index (χ1v) is 8.67. The van der Waals surface area contributed by atoms with Gasteiger partial charge >= 0.3 is 0 Å². The van der Waals surface area contributed by atoms with Crippen molar-refractivity contribution in [1.29, 1.82) is 0 Å². The summed E-state index contributed by atoms with van der Waals surface area (Å²) in [6.07, 6.45) is 0. The Morgan fingerprint density at radius 2 is 1.86 bits per heavy atom. The van der Waals surface area contributed by atoms with Gasteiger partial charge in [-0.05, 0) is 56.2 Å². The second-order valence-corrected chi connectivity index (χ2v) is 6.51. The summed E-state index contributed by atoms with van der Waals surface area (Å²) in [4.78, 5) is 24.7. The van der Waals surface area contributed by atoms with Gasteiger partial charge in [0.2, 0.25) is 5.91 Å². The van der Waals surface area contributed by atoms with Crippen molar-refractivity contribution in [2.24, 2.45) is 0 Å². The molecule has 1 aromatic heterocycles. The lowest BCUT2D eigenvalue weighted by atomic mass is 10.2. The summed E-state index contributed by atoms with van der Waals surface area (Å²) in [5.74, 6) is -1.25. The quantitative estimate of drug-likeness (QED) is 0.710. The molecule has 0 saturated heterocycles. The maximum Gasteiger partial charge on any atom is 0.278 e. The maximum absolute atomic E-state index is 13.4. The Morgan fingerprint density at radius 3 is 2.61 bits per heavy atom. The van der Waals surface area contributed by atoms with Crippen LogP contribution in [0.15, 0.2) is 42.5 Å². The number of nitrogens with zero attached hydrogens (tertiary/aromatic N) is 3. The van der Waals surface area contributed by atoms with E-state index in [1.807, 2.05) is 25.1 Å². The van der Waals surface area contributed by atoms with Crippen molar-refractivity contribution in [3.05, 3.63) is 70.8 Å². The molecule has 0 fully saturated rings. The molecule has 2 amide bonds. The molecule has 0 radical (unpaired) electrons. The Balaban J connectivity index is 1.70. The second kappa shape index (κ2) is 7.99. The van der Waals surface area contributed by atoms with E-state index in [1.165, 1.54) is 16.8 Å².